The molecule has 0 saturated carbocycles. The van der Waals surface area contributed by atoms with E-state index in [1.54, 1.807) is 23.8 Å². The molecule has 0 saturated heterocycles. The standard InChI is InChI=1S/C15H20N2O4/c1-15(2,7-8-21-3)9-17-11-6-4-5-10(13(18)19)12(11)16-14(17)20/h4-6H,7-9H2,1-3H3,(H,16,20)(H,18,19). The van der Waals surface area contributed by atoms with E-state index in [0.717, 1.165) is 6.42 Å². The van der Waals surface area contributed by atoms with Crippen LogP contribution >= 0.6 is 0 Å². The molecule has 2 N–H and O–H groups in total. The van der Waals surface area contributed by atoms with Crippen molar-refractivity contribution in [2.75, 3.05) is 13.7 Å². The molecule has 0 radical (unpaired) electrons. The molecule has 6 heteroatoms. The van der Waals surface area contributed by atoms with Crippen molar-refractivity contribution in [1.29, 1.82) is 0 Å². The number of hydrogen-bond donors (Lipinski definition) is 2. The van der Waals surface area contributed by atoms with E-state index < -0.39 is 5.97 Å². The van der Waals surface area contributed by atoms with E-state index in [1.807, 2.05) is 0 Å². The maximum Gasteiger partial charge on any atom is 0.337 e. The average molecular weight is 292 g/mol. The second-order valence-electron chi connectivity index (χ2n) is 5.93. The zero-order valence-corrected chi connectivity index (χ0v) is 12.5. The van der Waals surface area contributed by atoms with Crippen LogP contribution in [-0.4, -0.2) is 34.3 Å². The van der Waals surface area contributed by atoms with Crippen LogP contribution in [0, 0.1) is 5.41 Å². The monoisotopic (exact) mass is 292 g/mol. The van der Waals surface area contributed by atoms with Gasteiger partial charge in [0.2, 0.25) is 0 Å². The summed E-state index contributed by atoms with van der Waals surface area (Å²) in [4.78, 5) is 26.0. The highest BCUT2D eigenvalue weighted by molar-refractivity contribution is 6.00. The summed E-state index contributed by atoms with van der Waals surface area (Å²) in [5.74, 6) is -1.05. The number of aromatic nitrogens is 2. The first-order valence-corrected chi connectivity index (χ1v) is 6.79. The Morgan fingerprint density at radius 2 is 2.14 bits per heavy atom. The van der Waals surface area contributed by atoms with Crippen molar-refractivity contribution < 1.29 is 14.6 Å². The number of nitrogens with one attached hydrogen (secondary N) is 1. The number of benzene rings is 1. The van der Waals surface area contributed by atoms with E-state index in [2.05, 4.69) is 18.8 Å². The van der Waals surface area contributed by atoms with Crippen molar-refractivity contribution in [3.05, 3.63) is 34.2 Å². The molecule has 0 spiro atoms. The van der Waals surface area contributed by atoms with Gasteiger partial charge < -0.3 is 14.8 Å². The first kappa shape index (κ1) is 15.3. The smallest absolute Gasteiger partial charge is 0.337 e. The third-order valence-electron chi connectivity index (χ3n) is 3.61. The number of para-hydroxylation sites is 1. The average Bonchev–Trinajstić information content (AvgIpc) is 2.72. The Morgan fingerprint density at radius 1 is 1.43 bits per heavy atom. The maximum atomic E-state index is 12.1. The molecule has 0 atom stereocenters. The second kappa shape index (κ2) is 5.73. The SMILES string of the molecule is COCCC(C)(C)Cn1c(=O)[nH]c2c(C(=O)O)cccc21. The van der Waals surface area contributed by atoms with Gasteiger partial charge in [0.05, 0.1) is 16.6 Å². The van der Waals surface area contributed by atoms with Gasteiger partial charge in [-0.2, -0.15) is 0 Å². The lowest BCUT2D eigenvalue weighted by Crippen LogP contribution is -2.27. The van der Waals surface area contributed by atoms with Gasteiger partial charge in [-0.25, -0.2) is 9.59 Å². The molecular formula is C15H20N2O4. The largest absolute Gasteiger partial charge is 0.478 e. The van der Waals surface area contributed by atoms with Crippen LogP contribution in [0.1, 0.15) is 30.6 Å². The van der Waals surface area contributed by atoms with Gasteiger partial charge in [0.1, 0.15) is 0 Å². The quantitative estimate of drug-likeness (QED) is 0.853. The number of aromatic carboxylic acids is 1. The molecule has 0 aliphatic carbocycles. The summed E-state index contributed by atoms with van der Waals surface area (Å²) in [6, 6.07) is 4.89. The van der Waals surface area contributed by atoms with E-state index in [9.17, 15) is 14.7 Å². The van der Waals surface area contributed by atoms with Crippen molar-refractivity contribution in [1.82, 2.24) is 9.55 Å². The van der Waals surface area contributed by atoms with Crippen molar-refractivity contribution in [2.45, 2.75) is 26.8 Å². The fourth-order valence-corrected chi connectivity index (χ4v) is 2.40. The number of carboxylic acids is 1. The maximum absolute atomic E-state index is 12.1. The van der Waals surface area contributed by atoms with Crippen LogP contribution in [0.2, 0.25) is 0 Å². The third-order valence-corrected chi connectivity index (χ3v) is 3.61. The van der Waals surface area contributed by atoms with Gasteiger partial charge in [-0.3, -0.25) is 4.57 Å². The molecule has 0 aliphatic rings. The number of carboxylic acid groups (broad SMARTS) is 1. The minimum atomic E-state index is -1.05. The zero-order valence-electron chi connectivity index (χ0n) is 12.5. The molecule has 0 amide bonds. The molecule has 0 bridgehead atoms. The van der Waals surface area contributed by atoms with Crippen LogP contribution in [0.15, 0.2) is 23.0 Å². The molecule has 1 heterocycles. The predicted octanol–water partition coefficient (Wildman–Crippen LogP) is 2.09. The normalized spacial score (nSPS) is 12.0. The van der Waals surface area contributed by atoms with Gasteiger partial charge in [-0.15, -0.1) is 0 Å². The minimum absolute atomic E-state index is 0.109. The lowest BCUT2D eigenvalue weighted by molar-refractivity contribution is 0.0699. The molecule has 2 aromatic rings. The number of carbonyl (C=O) groups is 1. The van der Waals surface area contributed by atoms with Crippen LogP contribution in [0.25, 0.3) is 11.0 Å². The Labute approximate surface area is 122 Å². The van der Waals surface area contributed by atoms with Crippen molar-refractivity contribution >= 4 is 17.0 Å². The summed E-state index contributed by atoms with van der Waals surface area (Å²) < 4.78 is 6.69. The van der Waals surface area contributed by atoms with Crippen LogP contribution in [0.3, 0.4) is 0 Å². The lowest BCUT2D eigenvalue weighted by atomic mass is 9.89. The molecule has 2 rings (SSSR count). The summed E-state index contributed by atoms with van der Waals surface area (Å²) in [5.41, 5.74) is 0.680. The molecule has 114 valence electrons. The zero-order chi connectivity index (χ0) is 15.6. The highest BCUT2D eigenvalue weighted by Gasteiger charge is 2.22. The van der Waals surface area contributed by atoms with E-state index >= 15 is 0 Å². The van der Waals surface area contributed by atoms with Gasteiger partial charge in [-0.05, 0) is 24.0 Å². The molecule has 0 aliphatic heterocycles. The fraction of sp³-hybridized carbons (Fsp3) is 0.467. The number of fused-ring (bicyclic) bond motifs is 1. The Kier molecular flexibility index (Phi) is 4.18. The third kappa shape index (κ3) is 3.16. The molecule has 0 fully saturated rings. The Hall–Kier alpha value is -2.08. The molecule has 6 nitrogen and oxygen atoms in total. The van der Waals surface area contributed by atoms with Crippen LogP contribution in [0.5, 0.6) is 0 Å². The second-order valence-corrected chi connectivity index (χ2v) is 5.93. The number of aromatic amines is 1. The van der Waals surface area contributed by atoms with Gasteiger partial charge in [0.15, 0.2) is 0 Å². The number of H-pyrrole nitrogens is 1. The number of ether oxygens (including phenoxy) is 1. The molecule has 1 aromatic carbocycles. The number of methoxy groups -OCH3 is 1. The van der Waals surface area contributed by atoms with Gasteiger partial charge in [0, 0.05) is 20.3 Å². The Bertz CT molecular complexity index is 712. The van der Waals surface area contributed by atoms with E-state index in [0.29, 0.717) is 24.2 Å². The Morgan fingerprint density at radius 3 is 2.76 bits per heavy atom. The summed E-state index contributed by atoms with van der Waals surface area (Å²) in [6.07, 6.45) is 0.807. The minimum Gasteiger partial charge on any atom is -0.478 e. The van der Waals surface area contributed by atoms with E-state index in [1.165, 1.54) is 6.07 Å². The summed E-state index contributed by atoms with van der Waals surface area (Å²) in [6.45, 7) is 5.22. The van der Waals surface area contributed by atoms with Crippen LogP contribution in [-0.2, 0) is 11.3 Å². The van der Waals surface area contributed by atoms with Crippen LogP contribution < -0.4 is 5.69 Å². The molecule has 0 unspecified atom stereocenters. The number of imidazole rings is 1. The lowest BCUT2D eigenvalue weighted by Gasteiger charge is -2.24. The van der Waals surface area contributed by atoms with Crippen molar-refractivity contribution in [2.24, 2.45) is 5.41 Å². The fourth-order valence-electron chi connectivity index (χ4n) is 2.40. The molecule has 21 heavy (non-hydrogen) atoms. The van der Waals surface area contributed by atoms with E-state index in [4.69, 9.17) is 4.74 Å². The first-order valence-electron chi connectivity index (χ1n) is 6.79. The number of rotatable bonds is 6. The number of hydrogen-bond acceptors (Lipinski definition) is 3. The Balaban J connectivity index is 2.46. The highest BCUT2D eigenvalue weighted by atomic mass is 16.5. The van der Waals surface area contributed by atoms with Gasteiger partial charge in [-0.1, -0.05) is 19.9 Å². The van der Waals surface area contributed by atoms with E-state index in [-0.39, 0.29) is 16.7 Å². The summed E-state index contributed by atoms with van der Waals surface area (Å²) in [7, 11) is 1.65. The molecular weight excluding hydrogens is 272 g/mol. The summed E-state index contributed by atoms with van der Waals surface area (Å²) in [5, 5.41) is 9.18. The first-order chi connectivity index (χ1) is 9.85. The van der Waals surface area contributed by atoms with Crippen molar-refractivity contribution in [3.8, 4) is 0 Å². The number of nitrogens with zero attached hydrogens (tertiary/aromatic N) is 1. The van der Waals surface area contributed by atoms with Crippen LogP contribution in [0.4, 0.5) is 0 Å². The summed E-state index contributed by atoms with van der Waals surface area (Å²) >= 11 is 0. The highest BCUT2D eigenvalue weighted by Crippen LogP contribution is 2.25. The van der Waals surface area contributed by atoms with Gasteiger partial charge in [0.25, 0.3) is 0 Å². The molecule has 1 aromatic heterocycles. The predicted molar refractivity (Wildman–Crippen MR) is 79.8 cm³/mol. The van der Waals surface area contributed by atoms with Crippen molar-refractivity contribution in [3.63, 3.8) is 0 Å². The van der Waals surface area contributed by atoms with Gasteiger partial charge >= 0.3 is 11.7 Å². The topological polar surface area (TPSA) is 84.3 Å².